The van der Waals surface area contributed by atoms with Crippen LogP contribution in [0.2, 0.25) is 0 Å². The molecule has 0 saturated heterocycles. The molecule has 3 aromatic rings. The molecule has 1 heterocycles. The molecule has 0 N–H and O–H groups in total. The number of fused-ring (bicyclic) bond motifs is 1. The third-order valence-electron chi connectivity index (χ3n) is 5.09. The molecular formula is C24H25N3O3. The fraction of sp³-hybridized carbons (Fsp3) is 0.292. The molecule has 2 aromatic carbocycles. The standard InChI is InChI=1S/C24H25N3O3/c1-17-23-20(26-30-22(28)16-29-19-12-8-5-9-13-19)14-24(2,3)15-21(23)27(25-17)18-10-6-4-7-11-18/h4-13H,14-16H2,1-3H3/b26-20+. The molecule has 0 bridgehead atoms. The smallest absolute Gasteiger partial charge is 0.372 e. The normalized spacial score (nSPS) is 16.2. The van der Waals surface area contributed by atoms with Crippen LogP contribution in [-0.4, -0.2) is 28.1 Å². The SMILES string of the molecule is Cc1nn(-c2ccccc2)c2c1/C(=N/OC(=O)COc1ccccc1)CC(C)(C)C2. The Hall–Kier alpha value is -3.41. The molecule has 0 amide bonds. The Morgan fingerprint density at radius 1 is 1.07 bits per heavy atom. The van der Waals surface area contributed by atoms with Crippen LogP contribution in [0.1, 0.15) is 37.2 Å². The van der Waals surface area contributed by atoms with Crippen LogP contribution in [-0.2, 0) is 16.1 Å². The lowest BCUT2D eigenvalue weighted by molar-refractivity contribution is -0.146. The number of hydrogen-bond donors (Lipinski definition) is 0. The van der Waals surface area contributed by atoms with Gasteiger partial charge in [-0.25, -0.2) is 9.48 Å². The fourth-order valence-corrected chi connectivity index (χ4v) is 3.82. The Morgan fingerprint density at radius 3 is 2.43 bits per heavy atom. The number of oxime groups is 1. The molecule has 4 rings (SSSR count). The zero-order valence-corrected chi connectivity index (χ0v) is 17.5. The first-order chi connectivity index (χ1) is 14.4. The summed E-state index contributed by atoms with van der Waals surface area (Å²) in [5, 5.41) is 8.99. The number of benzene rings is 2. The number of para-hydroxylation sites is 2. The maximum atomic E-state index is 12.2. The molecule has 1 aliphatic carbocycles. The Balaban J connectivity index is 1.57. The number of hydrogen-bond acceptors (Lipinski definition) is 5. The zero-order chi connectivity index (χ0) is 21.1. The molecule has 0 fully saturated rings. The lowest BCUT2D eigenvalue weighted by Gasteiger charge is -2.30. The molecular weight excluding hydrogens is 378 g/mol. The third-order valence-corrected chi connectivity index (χ3v) is 5.09. The summed E-state index contributed by atoms with van der Waals surface area (Å²) in [7, 11) is 0. The Labute approximate surface area is 176 Å². The second-order valence-electron chi connectivity index (χ2n) is 8.28. The van der Waals surface area contributed by atoms with Crippen LogP contribution in [0, 0.1) is 12.3 Å². The first-order valence-electron chi connectivity index (χ1n) is 10.0. The third kappa shape index (κ3) is 4.27. The van der Waals surface area contributed by atoms with Crippen molar-refractivity contribution in [1.82, 2.24) is 9.78 Å². The monoisotopic (exact) mass is 403 g/mol. The van der Waals surface area contributed by atoms with Crippen molar-refractivity contribution in [2.45, 2.75) is 33.6 Å². The molecule has 0 atom stereocenters. The van der Waals surface area contributed by atoms with E-state index in [9.17, 15) is 4.79 Å². The average molecular weight is 403 g/mol. The number of ether oxygens (including phenoxy) is 1. The minimum atomic E-state index is -0.538. The number of carbonyl (C=O) groups is 1. The van der Waals surface area contributed by atoms with E-state index in [1.807, 2.05) is 60.1 Å². The molecule has 6 heteroatoms. The van der Waals surface area contributed by atoms with E-state index in [1.54, 1.807) is 12.1 Å². The van der Waals surface area contributed by atoms with Crippen LogP contribution >= 0.6 is 0 Å². The number of nitrogens with zero attached hydrogens (tertiary/aromatic N) is 3. The Kier molecular flexibility index (Phi) is 5.40. The summed E-state index contributed by atoms with van der Waals surface area (Å²) in [6.45, 7) is 6.14. The van der Waals surface area contributed by atoms with E-state index < -0.39 is 5.97 Å². The van der Waals surface area contributed by atoms with E-state index in [2.05, 4.69) is 19.0 Å². The maximum Gasteiger partial charge on any atom is 0.372 e. The van der Waals surface area contributed by atoms with Gasteiger partial charge < -0.3 is 9.57 Å². The van der Waals surface area contributed by atoms with Crippen LogP contribution in [0.4, 0.5) is 0 Å². The van der Waals surface area contributed by atoms with Gasteiger partial charge in [-0.15, -0.1) is 0 Å². The highest BCUT2D eigenvalue weighted by atomic mass is 16.7. The summed E-state index contributed by atoms with van der Waals surface area (Å²) in [5.41, 5.74) is 4.65. The van der Waals surface area contributed by atoms with Crippen molar-refractivity contribution < 1.29 is 14.4 Å². The van der Waals surface area contributed by atoms with E-state index in [4.69, 9.17) is 14.7 Å². The van der Waals surface area contributed by atoms with E-state index in [-0.39, 0.29) is 12.0 Å². The van der Waals surface area contributed by atoms with E-state index >= 15 is 0 Å². The number of aromatic nitrogens is 2. The second kappa shape index (κ2) is 8.14. The van der Waals surface area contributed by atoms with Crippen molar-refractivity contribution in [3.8, 4) is 11.4 Å². The molecule has 0 unspecified atom stereocenters. The van der Waals surface area contributed by atoms with Gasteiger partial charge in [0.25, 0.3) is 0 Å². The number of rotatable bonds is 5. The highest BCUT2D eigenvalue weighted by Crippen LogP contribution is 2.37. The van der Waals surface area contributed by atoms with Crippen molar-refractivity contribution in [2.24, 2.45) is 10.6 Å². The second-order valence-corrected chi connectivity index (χ2v) is 8.28. The molecule has 6 nitrogen and oxygen atoms in total. The molecule has 1 aromatic heterocycles. The van der Waals surface area contributed by atoms with Crippen molar-refractivity contribution >= 4 is 11.7 Å². The molecule has 0 aliphatic heterocycles. The molecule has 0 saturated carbocycles. The number of carbonyl (C=O) groups excluding carboxylic acids is 1. The Bertz CT molecular complexity index is 1070. The molecule has 1 aliphatic rings. The first kappa shape index (κ1) is 19.9. The fourth-order valence-electron chi connectivity index (χ4n) is 3.82. The minimum absolute atomic E-state index is 0.0300. The van der Waals surface area contributed by atoms with Crippen LogP contribution in [0.3, 0.4) is 0 Å². The predicted molar refractivity (Wildman–Crippen MR) is 115 cm³/mol. The summed E-state index contributed by atoms with van der Waals surface area (Å²) < 4.78 is 7.42. The van der Waals surface area contributed by atoms with Gasteiger partial charge in [0.1, 0.15) is 5.75 Å². The van der Waals surface area contributed by atoms with Crippen LogP contribution in [0.5, 0.6) is 5.75 Å². The average Bonchev–Trinajstić information content (AvgIpc) is 3.07. The molecule has 0 spiro atoms. The van der Waals surface area contributed by atoms with Crippen molar-refractivity contribution in [1.29, 1.82) is 0 Å². The van der Waals surface area contributed by atoms with Crippen LogP contribution < -0.4 is 4.74 Å². The lowest BCUT2D eigenvalue weighted by Crippen LogP contribution is -2.29. The van der Waals surface area contributed by atoms with E-state index in [0.717, 1.165) is 34.8 Å². The van der Waals surface area contributed by atoms with Gasteiger partial charge in [-0.2, -0.15) is 5.10 Å². The van der Waals surface area contributed by atoms with E-state index in [0.29, 0.717) is 12.2 Å². The Morgan fingerprint density at radius 2 is 1.73 bits per heavy atom. The van der Waals surface area contributed by atoms with Gasteiger partial charge in [0.15, 0.2) is 6.61 Å². The van der Waals surface area contributed by atoms with Crippen molar-refractivity contribution in [3.63, 3.8) is 0 Å². The van der Waals surface area contributed by atoms with Crippen molar-refractivity contribution in [3.05, 3.63) is 77.6 Å². The largest absolute Gasteiger partial charge is 0.482 e. The highest BCUT2D eigenvalue weighted by Gasteiger charge is 2.35. The lowest BCUT2D eigenvalue weighted by atomic mass is 9.75. The quantitative estimate of drug-likeness (QED) is 0.465. The summed E-state index contributed by atoms with van der Waals surface area (Å²) in [4.78, 5) is 17.4. The van der Waals surface area contributed by atoms with Crippen LogP contribution in [0.15, 0.2) is 65.8 Å². The van der Waals surface area contributed by atoms with Crippen LogP contribution in [0.25, 0.3) is 5.69 Å². The van der Waals surface area contributed by atoms with E-state index in [1.165, 1.54) is 0 Å². The van der Waals surface area contributed by atoms with Gasteiger partial charge in [0, 0.05) is 5.56 Å². The van der Waals surface area contributed by atoms with Gasteiger partial charge in [0.2, 0.25) is 0 Å². The topological polar surface area (TPSA) is 65.7 Å². The molecule has 0 radical (unpaired) electrons. The summed E-state index contributed by atoms with van der Waals surface area (Å²) >= 11 is 0. The summed E-state index contributed by atoms with van der Waals surface area (Å²) in [5.74, 6) is 0.0764. The molecule has 30 heavy (non-hydrogen) atoms. The van der Waals surface area contributed by atoms with Gasteiger partial charge in [0.05, 0.1) is 22.8 Å². The highest BCUT2D eigenvalue weighted by molar-refractivity contribution is 6.04. The predicted octanol–water partition coefficient (Wildman–Crippen LogP) is 4.48. The summed E-state index contributed by atoms with van der Waals surface area (Å²) in [6.07, 6.45) is 1.57. The molecule has 154 valence electrons. The van der Waals surface area contributed by atoms with Gasteiger partial charge >= 0.3 is 5.97 Å². The minimum Gasteiger partial charge on any atom is -0.482 e. The number of aryl methyl sites for hydroxylation is 1. The van der Waals surface area contributed by atoms with Gasteiger partial charge in [-0.1, -0.05) is 55.4 Å². The van der Waals surface area contributed by atoms with Gasteiger partial charge in [-0.3, -0.25) is 0 Å². The maximum absolute atomic E-state index is 12.2. The first-order valence-corrected chi connectivity index (χ1v) is 10.0. The van der Waals surface area contributed by atoms with Crippen molar-refractivity contribution in [2.75, 3.05) is 6.61 Å². The zero-order valence-electron chi connectivity index (χ0n) is 17.5. The summed E-state index contributed by atoms with van der Waals surface area (Å²) in [6, 6.07) is 19.2. The van der Waals surface area contributed by atoms with Gasteiger partial charge in [-0.05, 0) is 49.4 Å².